The lowest BCUT2D eigenvalue weighted by atomic mass is 10.1. The number of anilines is 1. The van der Waals surface area contributed by atoms with Crippen LogP contribution in [0.5, 0.6) is 0 Å². The molecule has 21 heavy (non-hydrogen) atoms. The number of aryl methyl sites for hydroxylation is 2. The van der Waals surface area contributed by atoms with Crippen LogP contribution in [-0.2, 0) is 12.8 Å². The molecule has 0 saturated heterocycles. The summed E-state index contributed by atoms with van der Waals surface area (Å²) in [6, 6.07) is 8.36. The minimum atomic E-state index is 0.865. The summed E-state index contributed by atoms with van der Waals surface area (Å²) in [4.78, 5) is 9.72. The molecule has 3 rings (SSSR count). The number of rotatable bonds is 3. The predicted molar refractivity (Wildman–Crippen MR) is 87.6 cm³/mol. The molecule has 0 fully saturated rings. The van der Waals surface area contributed by atoms with Crippen molar-refractivity contribution in [1.29, 1.82) is 0 Å². The molecule has 1 aromatic heterocycles. The number of hydrogen-bond donors (Lipinski definition) is 1. The third-order valence-electron chi connectivity index (χ3n) is 4.16. The van der Waals surface area contributed by atoms with E-state index in [0.717, 1.165) is 36.6 Å². The molecule has 0 aliphatic heterocycles. The molecule has 1 aliphatic rings. The van der Waals surface area contributed by atoms with Crippen molar-refractivity contribution in [3.63, 3.8) is 0 Å². The molecule has 1 N–H and O–H groups in total. The molecule has 1 aliphatic carbocycles. The van der Waals surface area contributed by atoms with E-state index in [1.54, 1.807) is 0 Å². The van der Waals surface area contributed by atoms with Crippen LogP contribution >= 0.6 is 0 Å². The maximum absolute atomic E-state index is 4.90. The Morgan fingerprint density at radius 3 is 2.67 bits per heavy atom. The number of nitrogens with zero attached hydrogens (tertiary/aromatic N) is 2. The summed E-state index contributed by atoms with van der Waals surface area (Å²) in [7, 11) is 0. The lowest BCUT2D eigenvalue weighted by Crippen LogP contribution is -2.09. The van der Waals surface area contributed by atoms with Gasteiger partial charge in [0.2, 0.25) is 0 Å². The Morgan fingerprint density at radius 1 is 1.05 bits per heavy atom. The summed E-state index contributed by atoms with van der Waals surface area (Å²) in [6.07, 6.45) is 5.96. The van der Waals surface area contributed by atoms with Crippen molar-refractivity contribution < 1.29 is 0 Å². The summed E-state index contributed by atoms with van der Waals surface area (Å²) >= 11 is 0. The first kappa shape index (κ1) is 14.1. The van der Waals surface area contributed by atoms with Crippen LogP contribution in [0.1, 0.15) is 43.0 Å². The van der Waals surface area contributed by atoms with Crippen LogP contribution in [0.15, 0.2) is 24.3 Å². The van der Waals surface area contributed by atoms with Gasteiger partial charge in [-0.3, -0.25) is 0 Å². The van der Waals surface area contributed by atoms with E-state index in [-0.39, 0.29) is 0 Å². The highest BCUT2D eigenvalue weighted by atomic mass is 15.0. The lowest BCUT2D eigenvalue weighted by Gasteiger charge is -2.15. The lowest BCUT2D eigenvalue weighted by molar-refractivity contribution is 0.709. The van der Waals surface area contributed by atoms with E-state index < -0.39 is 0 Å². The fraction of sp³-hybridized carbons (Fsp3) is 0.444. The molecule has 0 bridgehead atoms. The highest BCUT2D eigenvalue weighted by Crippen LogP contribution is 2.28. The third-order valence-corrected chi connectivity index (χ3v) is 4.16. The van der Waals surface area contributed by atoms with Crippen molar-refractivity contribution in [3.8, 4) is 11.4 Å². The summed E-state index contributed by atoms with van der Waals surface area (Å²) in [6.45, 7) is 5.15. The predicted octanol–water partition coefficient (Wildman–Crippen LogP) is 4.15. The van der Waals surface area contributed by atoms with Gasteiger partial charge in [0.25, 0.3) is 0 Å². The maximum atomic E-state index is 4.90. The van der Waals surface area contributed by atoms with Crippen LogP contribution in [0.3, 0.4) is 0 Å². The van der Waals surface area contributed by atoms with E-state index in [0.29, 0.717) is 0 Å². The second kappa shape index (κ2) is 6.25. The number of benzene rings is 1. The largest absolute Gasteiger partial charge is 0.370 e. The molecule has 1 aromatic carbocycles. The molecular weight excluding hydrogens is 258 g/mol. The van der Waals surface area contributed by atoms with Gasteiger partial charge in [-0.05, 0) is 45.1 Å². The molecule has 0 amide bonds. The Kier molecular flexibility index (Phi) is 4.18. The number of nitrogens with one attached hydrogen (secondary N) is 1. The summed E-state index contributed by atoms with van der Waals surface area (Å²) < 4.78 is 0. The highest BCUT2D eigenvalue weighted by Gasteiger charge is 2.17. The molecule has 0 saturated carbocycles. The van der Waals surface area contributed by atoms with E-state index in [1.807, 2.05) is 0 Å². The summed E-state index contributed by atoms with van der Waals surface area (Å²) in [5.41, 5.74) is 4.96. The standard InChI is InChI=1S/C18H23N3/c1-3-19-17-15-11-5-4-6-12-16(15)20-18(21-17)14-10-8-7-9-13(14)2/h7-10H,3-6,11-12H2,1-2H3,(H,19,20,21). The topological polar surface area (TPSA) is 37.8 Å². The van der Waals surface area contributed by atoms with Gasteiger partial charge in [-0.1, -0.05) is 30.7 Å². The van der Waals surface area contributed by atoms with Crippen LogP contribution in [0.25, 0.3) is 11.4 Å². The van der Waals surface area contributed by atoms with Gasteiger partial charge < -0.3 is 5.32 Å². The normalized spacial score (nSPS) is 14.4. The summed E-state index contributed by atoms with van der Waals surface area (Å²) in [5.74, 6) is 1.91. The first-order valence-electron chi connectivity index (χ1n) is 7.99. The van der Waals surface area contributed by atoms with Gasteiger partial charge in [-0.15, -0.1) is 0 Å². The van der Waals surface area contributed by atoms with Crippen LogP contribution in [0.2, 0.25) is 0 Å². The molecule has 2 aromatic rings. The zero-order valence-corrected chi connectivity index (χ0v) is 12.9. The van der Waals surface area contributed by atoms with E-state index in [9.17, 15) is 0 Å². The summed E-state index contributed by atoms with van der Waals surface area (Å²) in [5, 5.41) is 3.44. The Balaban J connectivity index is 2.12. The first-order valence-corrected chi connectivity index (χ1v) is 7.99. The molecule has 0 radical (unpaired) electrons. The van der Waals surface area contributed by atoms with E-state index >= 15 is 0 Å². The van der Waals surface area contributed by atoms with Crippen molar-refractivity contribution >= 4 is 5.82 Å². The van der Waals surface area contributed by atoms with Gasteiger partial charge >= 0.3 is 0 Å². The molecule has 3 nitrogen and oxygen atoms in total. The number of fused-ring (bicyclic) bond motifs is 1. The maximum Gasteiger partial charge on any atom is 0.162 e. The quantitative estimate of drug-likeness (QED) is 0.859. The molecule has 0 atom stereocenters. The molecule has 0 spiro atoms. The highest BCUT2D eigenvalue weighted by molar-refractivity contribution is 5.63. The van der Waals surface area contributed by atoms with E-state index in [2.05, 4.69) is 43.4 Å². The second-order valence-electron chi connectivity index (χ2n) is 5.73. The Bertz CT molecular complexity index is 634. The zero-order valence-electron chi connectivity index (χ0n) is 12.9. The van der Waals surface area contributed by atoms with Gasteiger partial charge in [0, 0.05) is 23.4 Å². The Labute approximate surface area is 126 Å². The fourth-order valence-electron chi connectivity index (χ4n) is 3.03. The monoisotopic (exact) mass is 281 g/mol. The molecule has 110 valence electrons. The molecule has 0 unspecified atom stereocenters. The number of hydrogen-bond acceptors (Lipinski definition) is 3. The molecule has 1 heterocycles. The molecule has 3 heteroatoms. The SMILES string of the molecule is CCNc1nc(-c2ccccc2C)nc2c1CCCCC2. The molecular formula is C18H23N3. The zero-order chi connectivity index (χ0) is 14.7. The minimum Gasteiger partial charge on any atom is -0.370 e. The van der Waals surface area contributed by atoms with Crippen LogP contribution in [0, 0.1) is 6.92 Å². The first-order chi connectivity index (χ1) is 10.3. The van der Waals surface area contributed by atoms with Crippen molar-refractivity contribution in [3.05, 3.63) is 41.1 Å². The van der Waals surface area contributed by atoms with Gasteiger partial charge in [-0.25, -0.2) is 9.97 Å². The smallest absolute Gasteiger partial charge is 0.162 e. The van der Waals surface area contributed by atoms with Crippen LogP contribution in [0.4, 0.5) is 5.82 Å². The van der Waals surface area contributed by atoms with Crippen molar-refractivity contribution in [2.24, 2.45) is 0 Å². The van der Waals surface area contributed by atoms with Crippen LogP contribution in [-0.4, -0.2) is 16.5 Å². The number of aromatic nitrogens is 2. The minimum absolute atomic E-state index is 0.865. The van der Waals surface area contributed by atoms with Gasteiger partial charge in [0.05, 0.1) is 0 Å². The van der Waals surface area contributed by atoms with E-state index in [1.165, 1.54) is 36.1 Å². The van der Waals surface area contributed by atoms with Crippen molar-refractivity contribution in [2.45, 2.75) is 46.0 Å². The third kappa shape index (κ3) is 2.92. The second-order valence-corrected chi connectivity index (χ2v) is 5.73. The Morgan fingerprint density at radius 2 is 1.86 bits per heavy atom. The average Bonchev–Trinajstić information content (AvgIpc) is 2.73. The van der Waals surface area contributed by atoms with E-state index in [4.69, 9.17) is 9.97 Å². The van der Waals surface area contributed by atoms with Gasteiger partial charge in [0.1, 0.15) is 5.82 Å². The van der Waals surface area contributed by atoms with Gasteiger partial charge in [-0.2, -0.15) is 0 Å². The van der Waals surface area contributed by atoms with Crippen molar-refractivity contribution in [1.82, 2.24) is 9.97 Å². The van der Waals surface area contributed by atoms with Crippen molar-refractivity contribution in [2.75, 3.05) is 11.9 Å². The average molecular weight is 281 g/mol. The Hall–Kier alpha value is -1.90. The van der Waals surface area contributed by atoms with Gasteiger partial charge in [0.15, 0.2) is 5.82 Å². The fourth-order valence-corrected chi connectivity index (χ4v) is 3.03. The van der Waals surface area contributed by atoms with Crippen LogP contribution < -0.4 is 5.32 Å².